The molecule has 1 aromatic heterocycles. The van der Waals surface area contributed by atoms with Crippen LogP contribution in [-0.4, -0.2) is 50.4 Å². The molecule has 4 aliphatic carbocycles. The predicted molar refractivity (Wildman–Crippen MR) is 143 cm³/mol. The Balaban J connectivity index is 1.15. The molecule has 6 rings (SSSR count). The van der Waals surface area contributed by atoms with Crippen LogP contribution in [0.1, 0.15) is 90.0 Å². The SMILES string of the molecule is C[C@]12CCC(OCCN3CCCC3)CC1CC[C@@H]1[C@H]2CC[C@@]2(C)[C@H]1CCC2(OCCN)c1ccoc1. The third-order valence-corrected chi connectivity index (χ3v) is 12.2. The van der Waals surface area contributed by atoms with E-state index < -0.39 is 0 Å². The maximum Gasteiger partial charge on any atom is 0.102 e. The zero-order valence-electron chi connectivity index (χ0n) is 22.9. The van der Waals surface area contributed by atoms with Gasteiger partial charge >= 0.3 is 0 Å². The first-order chi connectivity index (χ1) is 17.5. The second-order valence-corrected chi connectivity index (χ2v) is 13.4. The molecule has 5 fully saturated rings. The van der Waals surface area contributed by atoms with Crippen LogP contribution in [0.3, 0.4) is 0 Å². The Labute approximate surface area is 218 Å². The summed E-state index contributed by atoms with van der Waals surface area (Å²) in [5.74, 6) is 3.25. The molecule has 0 radical (unpaired) electrons. The Kier molecular flexibility index (Phi) is 7.07. The highest BCUT2D eigenvalue weighted by atomic mass is 16.5. The first-order valence-corrected chi connectivity index (χ1v) is 15.2. The summed E-state index contributed by atoms with van der Waals surface area (Å²) >= 11 is 0. The van der Waals surface area contributed by atoms with E-state index in [-0.39, 0.29) is 11.0 Å². The van der Waals surface area contributed by atoms with Crippen LogP contribution in [0.5, 0.6) is 0 Å². The van der Waals surface area contributed by atoms with Crippen molar-refractivity contribution in [1.29, 1.82) is 0 Å². The molecule has 0 amide bonds. The smallest absolute Gasteiger partial charge is 0.102 e. The summed E-state index contributed by atoms with van der Waals surface area (Å²) in [6.07, 6.45) is 18.7. The van der Waals surface area contributed by atoms with Crippen molar-refractivity contribution in [3.63, 3.8) is 0 Å². The zero-order valence-corrected chi connectivity index (χ0v) is 22.9. The summed E-state index contributed by atoms with van der Waals surface area (Å²) in [7, 11) is 0. The molecule has 5 nitrogen and oxygen atoms in total. The molecule has 202 valence electrons. The summed E-state index contributed by atoms with van der Waals surface area (Å²) in [5.41, 5.74) is 7.58. The molecule has 4 saturated carbocycles. The number of nitrogens with two attached hydrogens (primary N) is 1. The van der Waals surface area contributed by atoms with Crippen molar-refractivity contribution in [3.8, 4) is 0 Å². The molecule has 8 atom stereocenters. The molecule has 5 aliphatic rings. The second-order valence-electron chi connectivity index (χ2n) is 13.4. The molecule has 0 bridgehead atoms. The van der Waals surface area contributed by atoms with Crippen LogP contribution >= 0.6 is 0 Å². The third kappa shape index (κ3) is 4.03. The van der Waals surface area contributed by atoms with Gasteiger partial charge in [0.2, 0.25) is 0 Å². The Bertz CT molecular complexity index is 869. The third-order valence-electron chi connectivity index (χ3n) is 12.2. The zero-order chi connectivity index (χ0) is 24.8. The molecule has 2 N–H and O–H groups in total. The van der Waals surface area contributed by atoms with Crippen LogP contribution < -0.4 is 5.73 Å². The van der Waals surface area contributed by atoms with Crippen LogP contribution in [0.2, 0.25) is 0 Å². The molecular formula is C31H50N2O3. The maximum atomic E-state index is 6.75. The second kappa shape index (κ2) is 10.0. The van der Waals surface area contributed by atoms with Gasteiger partial charge in [-0.05, 0) is 119 Å². The van der Waals surface area contributed by atoms with Crippen molar-refractivity contribution < 1.29 is 13.9 Å². The van der Waals surface area contributed by atoms with Crippen molar-refractivity contribution in [2.75, 3.05) is 39.4 Å². The number of rotatable bonds is 8. The van der Waals surface area contributed by atoms with Crippen LogP contribution in [0.25, 0.3) is 0 Å². The molecule has 1 aromatic rings. The van der Waals surface area contributed by atoms with Gasteiger partial charge < -0.3 is 24.5 Å². The van der Waals surface area contributed by atoms with Gasteiger partial charge in [0, 0.05) is 24.1 Å². The number of fused-ring (bicyclic) bond motifs is 5. The number of furan rings is 1. The number of hydrogen-bond acceptors (Lipinski definition) is 5. The number of hydrogen-bond donors (Lipinski definition) is 1. The lowest BCUT2D eigenvalue weighted by Crippen LogP contribution is -2.56. The van der Waals surface area contributed by atoms with Gasteiger partial charge in [0.05, 0.1) is 31.8 Å². The van der Waals surface area contributed by atoms with Crippen LogP contribution in [0, 0.1) is 34.5 Å². The monoisotopic (exact) mass is 498 g/mol. The van der Waals surface area contributed by atoms with Crippen molar-refractivity contribution in [2.24, 2.45) is 40.2 Å². The van der Waals surface area contributed by atoms with E-state index in [1.54, 1.807) is 0 Å². The molecule has 0 aromatic carbocycles. The summed E-state index contributed by atoms with van der Waals surface area (Å²) in [6, 6.07) is 2.15. The van der Waals surface area contributed by atoms with Crippen LogP contribution in [-0.2, 0) is 15.1 Å². The van der Waals surface area contributed by atoms with E-state index in [4.69, 9.17) is 19.6 Å². The minimum atomic E-state index is -0.242. The standard InChI is InChI=1S/C31H50N2O3/c1-29-11-7-25(35-20-17-33-15-3-4-16-33)21-23(29)5-6-26-27(29)8-12-30(2)28(26)9-13-31(30,36-19-14-32)24-10-18-34-22-24/h10,18,22-23,25-28H,3-9,11-17,19-21,32H2,1-2H3/t23?,25?,26-,27-,28+,29+,30+,31?/m1/s1. The molecule has 0 spiro atoms. The van der Waals surface area contributed by atoms with Gasteiger partial charge in [-0.25, -0.2) is 0 Å². The van der Waals surface area contributed by atoms with Gasteiger partial charge in [-0.2, -0.15) is 0 Å². The Morgan fingerprint density at radius 1 is 1.00 bits per heavy atom. The molecule has 36 heavy (non-hydrogen) atoms. The highest BCUT2D eigenvalue weighted by Crippen LogP contribution is 2.71. The van der Waals surface area contributed by atoms with E-state index in [2.05, 4.69) is 24.8 Å². The van der Waals surface area contributed by atoms with E-state index >= 15 is 0 Å². The fourth-order valence-corrected chi connectivity index (χ4v) is 10.2. The predicted octanol–water partition coefficient (Wildman–Crippen LogP) is 5.97. The van der Waals surface area contributed by atoms with Crippen molar-refractivity contribution >= 4 is 0 Å². The fourth-order valence-electron chi connectivity index (χ4n) is 10.2. The van der Waals surface area contributed by atoms with Gasteiger partial charge in [-0.3, -0.25) is 0 Å². The summed E-state index contributed by atoms with van der Waals surface area (Å²) in [5, 5.41) is 0. The fraction of sp³-hybridized carbons (Fsp3) is 0.871. The van der Waals surface area contributed by atoms with E-state index in [0.717, 1.165) is 43.2 Å². The first-order valence-electron chi connectivity index (χ1n) is 15.2. The normalized spacial score (nSPS) is 44.8. The summed E-state index contributed by atoms with van der Waals surface area (Å²) in [4.78, 5) is 2.58. The highest BCUT2D eigenvalue weighted by Gasteiger charge is 2.66. The lowest BCUT2D eigenvalue weighted by atomic mass is 9.44. The highest BCUT2D eigenvalue weighted by molar-refractivity contribution is 5.27. The van der Waals surface area contributed by atoms with Crippen LogP contribution in [0.15, 0.2) is 23.0 Å². The number of nitrogens with zero attached hydrogens (tertiary/aromatic N) is 1. The average Bonchev–Trinajstić information content (AvgIpc) is 3.64. The van der Waals surface area contributed by atoms with Gasteiger partial charge in [0.1, 0.15) is 5.60 Å². The van der Waals surface area contributed by atoms with E-state index in [9.17, 15) is 0 Å². The summed E-state index contributed by atoms with van der Waals surface area (Å²) < 4.78 is 18.8. The molecule has 2 heterocycles. The minimum Gasteiger partial charge on any atom is -0.472 e. The topological polar surface area (TPSA) is 60.9 Å². The first kappa shape index (κ1) is 25.4. The van der Waals surface area contributed by atoms with Gasteiger partial charge in [-0.15, -0.1) is 0 Å². The molecule has 1 aliphatic heterocycles. The lowest BCUT2D eigenvalue weighted by Gasteiger charge is -2.62. The molecular weight excluding hydrogens is 448 g/mol. The summed E-state index contributed by atoms with van der Waals surface area (Å²) in [6.45, 7) is 11.0. The van der Waals surface area contributed by atoms with Gasteiger partial charge in [0.25, 0.3) is 0 Å². The Morgan fingerprint density at radius 3 is 2.61 bits per heavy atom. The lowest BCUT2D eigenvalue weighted by molar-refractivity contribution is -0.183. The minimum absolute atomic E-state index is 0.159. The van der Waals surface area contributed by atoms with Gasteiger partial charge in [0.15, 0.2) is 0 Å². The number of likely N-dealkylation sites (tertiary alicyclic amines) is 1. The Hall–Kier alpha value is -0.880. The van der Waals surface area contributed by atoms with Crippen molar-refractivity contribution in [2.45, 2.75) is 96.2 Å². The molecule has 1 saturated heterocycles. The molecule has 3 unspecified atom stereocenters. The van der Waals surface area contributed by atoms with Crippen molar-refractivity contribution in [1.82, 2.24) is 4.90 Å². The van der Waals surface area contributed by atoms with E-state index in [1.165, 1.54) is 82.9 Å². The van der Waals surface area contributed by atoms with Crippen molar-refractivity contribution in [3.05, 3.63) is 24.2 Å². The quantitative estimate of drug-likeness (QED) is 0.478. The number of ether oxygens (including phenoxy) is 2. The maximum absolute atomic E-state index is 6.75. The largest absolute Gasteiger partial charge is 0.472 e. The Morgan fingerprint density at radius 2 is 1.83 bits per heavy atom. The van der Waals surface area contributed by atoms with Crippen LogP contribution in [0.4, 0.5) is 0 Å². The average molecular weight is 499 g/mol. The molecule has 5 heteroatoms. The van der Waals surface area contributed by atoms with E-state index in [0.29, 0.717) is 24.7 Å². The van der Waals surface area contributed by atoms with Gasteiger partial charge in [-0.1, -0.05) is 13.8 Å². The van der Waals surface area contributed by atoms with E-state index in [1.807, 2.05) is 12.5 Å².